The van der Waals surface area contributed by atoms with Gasteiger partial charge in [-0.15, -0.1) is 6.58 Å². The number of unbranched alkanes of at least 4 members (excludes halogenated alkanes) is 6. The predicted molar refractivity (Wildman–Crippen MR) is 100 cm³/mol. The van der Waals surface area contributed by atoms with Crippen molar-refractivity contribution in [2.24, 2.45) is 0 Å². The van der Waals surface area contributed by atoms with E-state index in [0.29, 0.717) is 26.4 Å². The van der Waals surface area contributed by atoms with Crippen molar-refractivity contribution in [3.05, 3.63) is 12.7 Å². The smallest absolute Gasteiger partial charge is 0.168 e. The van der Waals surface area contributed by atoms with E-state index >= 15 is 0 Å². The van der Waals surface area contributed by atoms with E-state index in [9.17, 15) is 0 Å². The van der Waals surface area contributed by atoms with E-state index in [1.807, 2.05) is 6.08 Å². The highest BCUT2D eigenvalue weighted by atomic mass is 16.7. The van der Waals surface area contributed by atoms with Crippen molar-refractivity contribution in [3.8, 4) is 0 Å². The molecule has 0 amide bonds. The fraction of sp³-hybridized carbons (Fsp3) is 0.900. The zero-order chi connectivity index (χ0) is 17.9. The SMILES string of the molecule is C=CCCC(CCCCCCCCC)(OCCOC)OCCOC. The molecule has 4 nitrogen and oxygen atoms in total. The summed E-state index contributed by atoms with van der Waals surface area (Å²) in [5.74, 6) is -0.533. The van der Waals surface area contributed by atoms with Gasteiger partial charge in [0.05, 0.1) is 26.4 Å². The molecule has 0 aliphatic carbocycles. The summed E-state index contributed by atoms with van der Waals surface area (Å²) < 4.78 is 22.5. The first-order valence-corrected chi connectivity index (χ1v) is 9.61. The number of allylic oxidation sites excluding steroid dienone is 1. The Morgan fingerprint density at radius 2 is 1.29 bits per heavy atom. The fourth-order valence-electron chi connectivity index (χ4n) is 2.75. The van der Waals surface area contributed by atoms with E-state index < -0.39 is 5.79 Å². The Hall–Kier alpha value is -0.420. The molecule has 0 atom stereocenters. The maximum Gasteiger partial charge on any atom is 0.168 e. The lowest BCUT2D eigenvalue weighted by Crippen LogP contribution is -2.38. The monoisotopic (exact) mass is 344 g/mol. The number of ether oxygens (including phenoxy) is 4. The van der Waals surface area contributed by atoms with Crippen LogP contribution in [0.4, 0.5) is 0 Å². The van der Waals surface area contributed by atoms with Crippen LogP contribution in [0.1, 0.15) is 71.1 Å². The van der Waals surface area contributed by atoms with Gasteiger partial charge in [-0.25, -0.2) is 0 Å². The van der Waals surface area contributed by atoms with Crippen LogP contribution >= 0.6 is 0 Å². The first-order valence-electron chi connectivity index (χ1n) is 9.61. The molecular weight excluding hydrogens is 304 g/mol. The Morgan fingerprint density at radius 3 is 1.79 bits per heavy atom. The van der Waals surface area contributed by atoms with Crippen LogP contribution in [0, 0.1) is 0 Å². The van der Waals surface area contributed by atoms with Gasteiger partial charge in [0, 0.05) is 27.1 Å². The molecule has 24 heavy (non-hydrogen) atoms. The number of methoxy groups -OCH3 is 2. The van der Waals surface area contributed by atoms with E-state index in [0.717, 1.165) is 25.7 Å². The Labute approximate surface area is 149 Å². The molecule has 0 unspecified atom stereocenters. The molecule has 4 heteroatoms. The maximum atomic E-state index is 6.11. The minimum Gasteiger partial charge on any atom is -0.382 e. The van der Waals surface area contributed by atoms with Gasteiger partial charge in [0.25, 0.3) is 0 Å². The molecule has 0 saturated carbocycles. The highest BCUT2D eigenvalue weighted by Gasteiger charge is 2.30. The van der Waals surface area contributed by atoms with Crippen molar-refractivity contribution < 1.29 is 18.9 Å². The van der Waals surface area contributed by atoms with Gasteiger partial charge in [0.1, 0.15) is 0 Å². The molecule has 0 aliphatic rings. The summed E-state index contributed by atoms with van der Waals surface area (Å²) in [5, 5.41) is 0. The Kier molecular flexibility index (Phi) is 17.1. The molecule has 0 aromatic rings. The highest BCUT2D eigenvalue weighted by Crippen LogP contribution is 2.28. The summed E-state index contributed by atoms with van der Waals surface area (Å²) in [6, 6.07) is 0. The summed E-state index contributed by atoms with van der Waals surface area (Å²) in [6.07, 6.45) is 13.6. The molecule has 144 valence electrons. The largest absolute Gasteiger partial charge is 0.382 e. The molecule has 0 heterocycles. The Bertz CT molecular complexity index is 258. The third kappa shape index (κ3) is 12.9. The second-order valence-corrected chi connectivity index (χ2v) is 6.29. The summed E-state index contributed by atoms with van der Waals surface area (Å²) in [6.45, 7) is 8.36. The molecule has 0 aromatic heterocycles. The zero-order valence-electron chi connectivity index (χ0n) is 16.3. The number of hydrogen-bond acceptors (Lipinski definition) is 4. The number of hydrogen-bond donors (Lipinski definition) is 0. The van der Waals surface area contributed by atoms with Crippen LogP contribution in [0.5, 0.6) is 0 Å². The zero-order valence-corrected chi connectivity index (χ0v) is 16.3. The first kappa shape index (κ1) is 23.6. The van der Waals surface area contributed by atoms with Crippen LogP contribution < -0.4 is 0 Å². The van der Waals surface area contributed by atoms with Crippen LogP contribution in [-0.2, 0) is 18.9 Å². The van der Waals surface area contributed by atoms with E-state index in [4.69, 9.17) is 18.9 Å². The lowest BCUT2D eigenvalue weighted by Gasteiger charge is -2.34. The highest BCUT2D eigenvalue weighted by molar-refractivity contribution is 4.77. The molecule has 0 N–H and O–H groups in total. The van der Waals surface area contributed by atoms with E-state index in [1.54, 1.807) is 14.2 Å². The van der Waals surface area contributed by atoms with Gasteiger partial charge in [-0.1, -0.05) is 51.5 Å². The van der Waals surface area contributed by atoms with E-state index in [1.165, 1.54) is 38.5 Å². The minimum atomic E-state index is -0.533. The third-order valence-corrected chi connectivity index (χ3v) is 4.20. The maximum absolute atomic E-state index is 6.11. The van der Waals surface area contributed by atoms with E-state index in [2.05, 4.69) is 13.5 Å². The summed E-state index contributed by atoms with van der Waals surface area (Å²) in [7, 11) is 3.38. The number of rotatable bonds is 19. The molecule has 0 aromatic carbocycles. The van der Waals surface area contributed by atoms with Crippen LogP contribution in [0.2, 0.25) is 0 Å². The average Bonchev–Trinajstić information content (AvgIpc) is 2.59. The molecule has 0 fully saturated rings. The summed E-state index contributed by atoms with van der Waals surface area (Å²) in [5.41, 5.74) is 0. The summed E-state index contributed by atoms with van der Waals surface area (Å²) >= 11 is 0. The predicted octanol–water partition coefficient (Wildman–Crippen LogP) is 5.12. The van der Waals surface area contributed by atoms with Crippen LogP contribution in [-0.4, -0.2) is 46.4 Å². The van der Waals surface area contributed by atoms with Gasteiger partial charge in [-0.2, -0.15) is 0 Å². The van der Waals surface area contributed by atoms with Crippen LogP contribution in [0.25, 0.3) is 0 Å². The minimum absolute atomic E-state index is 0.533. The van der Waals surface area contributed by atoms with E-state index in [-0.39, 0.29) is 0 Å². The molecule has 0 radical (unpaired) electrons. The molecule has 0 saturated heterocycles. The quantitative estimate of drug-likeness (QED) is 0.185. The fourth-order valence-corrected chi connectivity index (χ4v) is 2.75. The van der Waals surface area contributed by atoms with Gasteiger partial charge in [0.2, 0.25) is 0 Å². The normalized spacial score (nSPS) is 11.8. The van der Waals surface area contributed by atoms with Gasteiger partial charge >= 0.3 is 0 Å². The Morgan fingerprint density at radius 1 is 0.750 bits per heavy atom. The van der Waals surface area contributed by atoms with Crippen molar-refractivity contribution in [2.45, 2.75) is 76.9 Å². The Balaban J connectivity index is 4.38. The van der Waals surface area contributed by atoms with Gasteiger partial charge in [0.15, 0.2) is 5.79 Å². The topological polar surface area (TPSA) is 36.9 Å². The van der Waals surface area contributed by atoms with Gasteiger partial charge < -0.3 is 18.9 Å². The summed E-state index contributed by atoms with van der Waals surface area (Å²) in [4.78, 5) is 0. The molecular formula is C20H40O4. The van der Waals surface area contributed by atoms with Gasteiger partial charge in [-0.05, 0) is 12.8 Å². The molecule has 0 spiro atoms. The van der Waals surface area contributed by atoms with Crippen molar-refractivity contribution in [1.29, 1.82) is 0 Å². The van der Waals surface area contributed by atoms with Crippen molar-refractivity contribution in [2.75, 3.05) is 40.6 Å². The molecule has 0 rings (SSSR count). The lowest BCUT2D eigenvalue weighted by molar-refractivity contribution is -0.252. The first-order chi connectivity index (χ1) is 11.7. The van der Waals surface area contributed by atoms with Crippen LogP contribution in [0.15, 0.2) is 12.7 Å². The molecule has 0 aliphatic heterocycles. The lowest BCUT2D eigenvalue weighted by atomic mass is 10.0. The third-order valence-electron chi connectivity index (χ3n) is 4.20. The van der Waals surface area contributed by atoms with Crippen molar-refractivity contribution >= 4 is 0 Å². The second-order valence-electron chi connectivity index (χ2n) is 6.29. The molecule has 0 bridgehead atoms. The van der Waals surface area contributed by atoms with Crippen molar-refractivity contribution in [3.63, 3.8) is 0 Å². The average molecular weight is 345 g/mol. The second kappa shape index (κ2) is 17.4. The van der Waals surface area contributed by atoms with Crippen molar-refractivity contribution in [1.82, 2.24) is 0 Å². The van der Waals surface area contributed by atoms with Crippen LogP contribution in [0.3, 0.4) is 0 Å². The van der Waals surface area contributed by atoms with Gasteiger partial charge in [-0.3, -0.25) is 0 Å². The standard InChI is InChI=1S/C20H40O4/c1-5-7-9-10-11-12-13-15-20(14-8-6-2,23-18-16-21-3)24-19-17-22-4/h6H,2,5,7-19H2,1,3-4H3.